The SMILES string of the molecule is O=c1[nH]c2ccccc2c(NC2CCNC2)c1-c1nc2c(C3COCCN3)cccc2[nH]1. The normalized spacial score (nSPS) is 21.4. The number of H-pyrrole nitrogens is 2. The van der Waals surface area contributed by atoms with E-state index in [4.69, 9.17) is 9.72 Å². The van der Waals surface area contributed by atoms with Crippen molar-refractivity contribution in [3.63, 3.8) is 0 Å². The Morgan fingerprint density at radius 2 is 1.94 bits per heavy atom. The number of imidazole rings is 1. The quantitative estimate of drug-likeness (QED) is 0.341. The van der Waals surface area contributed by atoms with Gasteiger partial charge in [-0.25, -0.2) is 4.98 Å². The molecule has 2 aliphatic rings. The Labute approximate surface area is 184 Å². The molecule has 2 aromatic heterocycles. The lowest BCUT2D eigenvalue weighted by molar-refractivity contribution is 0.0772. The van der Waals surface area contributed by atoms with Crippen molar-refractivity contribution < 1.29 is 4.74 Å². The Morgan fingerprint density at radius 3 is 2.78 bits per heavy atom. The van der Waals surface area contributed by atoms with Gasteiger partial charge in [-0.05, 0) is 30.7 Å². The predicted octanol–water partition coefficient (Wildman–Crippen LogP) is 2.51. The van der Waals surface area contributed by atoms with E-state index in [1.165, 1.54) is 0 Å². The highest BCUT2D eigenvalue weighted by molar-refractivity contribution is 5.99. The molecular weight excluding hydrogens is 404 g/mol. The zero-order chi connectivity index (χ0) is 21.5. The molecule has 2 saturated heterocycles. The summed E-state index contributed by atoms with van der Waals surface area (Å²) in [6.07, 6.45) is 1.01. The van der Waals surface area contributed by atoms with E-state index in [1.807, 2.05) is 36.4 Å². The van der Waals surface area contributed by atoms with Crippen LogP contribution in [0.3, 0.4) is 0 Å². The number of nitrogens with zero attached hydrogens (tertiary/aromatic N) is 1. The van der Waals surface area contributed by atoms with Gasteiger partial charge in [0.05, 0.1) is 41.5 Å². The zero-order valence-corrected chi connectivity index (χ0v) is 17.7. The van der Waals surface area contributed by atoms with E-state index in [2.05, 4.69) is 32.0 Å². The number of para-hydroxylation sites is 2. The van der Waals surface area contributed by atoms with Crippen LogP contribution < -0.4 is 21.5 Å². The maximum Gasteiger partial charge on any atom is 0.261 e. The molecular formula is C24H26N6O2. The fraction of sp³-hybridized carbons (Fsp3) is 0.333. The second-order valence-corrected chi connectivity index (χ2v) is 8.49. The molecule has 2 aromatic carbocycles. The van der Waals surface area contributed by atoms with Crippen LogP contribution in [0.15, 0.2) is 47.3 Å². The summed E-state index contributed by atoms with van der Waals surface area (Å²) in [4.78, 5) is 24.7. The molecule has 32 heavy (non-hydrogen) atoms. The van der Waals surface area contributed by atoms with Gasteiger partial charge < -0.3 is 30.7 Å². The van der Waals surface area contributed by atoms with Crippen LogP contribution in [0.2, 0.25) is 0 Å². The molecule has 2 aliphatic heterocycles. The molecule has 6 rings (SSSR count). The van der Waals surface area contributed by atoms with Crippen molar-refractivity contribution >= 4 is 27.6 Å². The summed E-state index contributed by atoms with van der Waals surface area (Å²) in [6.45, 7) is 3.98. The van der Waals surface area contributed by atoms with Crippen molar-refractivity contribution in [2.45, 2.75) is 18.5 Å². The van der Waals surface area contributed by atoms with Crippen LogP contribution in [0.25, 0.3) is 33.3 Å². The van der Waals surface area contributed by atoms with Crippen LogP contribution >= 0.6 is 0 Å². The van der Waals surface area contributed by atoms with Crippen LogP contribution in [-0.4, -0.2) is 53.8 Å². The standard InChI is InChI=1S/C24H26N6O2/c31-24-20(22(27-14-8-9-25-12-14)15-4-1-2-6-17(15)29-24)23-28-18-7-3-5-16(21(18)30-23)19-13-32-11-10-26-19/h1-7,14,19,25-26H,8-13H2,(H,28,30)(H2,27,29,31). The topological polar surface area (TPSA) is 107 Å². The summed E-state index contributed by atoms with van der Waals surface area (Å²) in [6, 6.07) is 14.4. The molecule has 8 nitrogen and oxygen atoms in total. The lowest BCUT2D eigenvalue weighted by Crippen LogP contribution is -2.34. The molecule has 0 bridgehead atoms. The summed E-state index contributed by atoms with van der Waals surface area (Å²) < 4.78 is 5.67. The predicted molar refractivity (Wildman–Crippen MR) is 126 cm³/mol. The van der Waals surface area contributed by atoms with Crippen molar-refractivity contribution in [3.8, 4) is 11.4 Å². The summed E-state index contributed by atoms with van der Waals surface area (Å²) in [5.41, 5.74) is 4.89. The molecule has 2 fully saturated rings. The second-order valence-electron chi connectivity index (χ2n) is 8.49. The van der Waals surface area contributed by atoms with Crippen molar-refractivity contribution in [3.05, 3.63) is 58.4 Å². The van der Waals surface area contributed by atoms with Gasteiger partial charge in [-0.2, -0.15) is 0 Å². The Hall–Kier alpha value is -3.20. The summed E-state index contributed by atoms with van der Waals surface area (Å²) in [7, 11) is 0. The average Bonchev–Trinajstić information content (AvgIpc) is 3.49. The first-order chi connectivity index (χ1) is 15.8. The zero-order valence-electron chi connectivity index (χ0n) is 17.7. The molecule has 4 heterocycles. The molecule has 8 heteroatoms. The third-order valence-corrected chi connectivity index (χ3v) is 6.41. The Kier molecular flexibility index (Phi) is 4.90. The monoisotopic (exact) mass is 430 g/mol. The van der Waals surface area contributed by atoms with Crippen molar-refractivity contribution in [2.75, 3.05) is 38.2 Å². The highest BCUT2D eigenvalue weighted by atomic mass is 16.5. The van der Waals surface area contributed by atoms with Crippen molar-refractivity contribution in [1.82, 2.24) is 25.6 Å². The molecule has 4 aromatic rings. The van der Waals surface area contributed by atoms with E-state index in [1.54, 1.807) is 0 Å². The number of pyridine rings is 1. The number of rotatable bonds is 4. The Balaban J connectivity index is 1.53. The van der Waals surface area contributed by atoms with Crippen LogP contribution in [0, 0.1) is 0 Å². The van der Waals surface area contributed by atoms with Gasteiger partial charge in [0.15, 0.2) is 0 Å². The van der Waals surface area contributed by atoms with E-state index in [-0.39, 0.29) is 17.6 Å². The van der Waals surface area contributed by atoms with Crippen LogP contribution in [-0.2, 0) is 4.74 Å². The molecule has 0 spiro atoms. The minimum Gasteiger partial charge on any atom is -0.380 e. The van der Waals surface area contributed by atoms with E-state index in [0.717, 1.165) is 65.8 Å². The minimum atomic E-state index is -0.156. The molecule has 0 aliphatic carbocycles. The maximum absolute atomic E-state index is 13.3. The van der Waals surface area contributed by atoms with Crippen LogP contribution in [0.4, 0.5) is 5.69 Å². The lowest BCUT2D eigenvalue weighted by atomic mass is 10.1. The number of aromatic amines is 2. The van der Waals surface area contributed by atoms with Gasteiger partial charge >= 0.3 is 0 Å². The van der Waals surface area contributed by atoms with Crippen molar-refractivity contribution in [1.29, 1.82) is 0 Å². The van der Waals surface area contributed by atoms with Gasteiger partial charge in [0.1, 0.15) is 11.4 Å². The Bertz CT molecular complexity index is 1330. The molecule has 5 N–H and O–H groups in total. The van der Waals surface area contributed by atoms with Gasteiger partial charge in [-0.3, -0.25) is 4.79 Å². The molecule has 0 radical (unpaired) electrons. The van der Waals surface area contributed by atoms with Gasteiger partial charge in [0.25, 0.3) is 5.56 Å². The Morgan fingerprint density at radius 1 is 1.03 bits per heavy atom. The van der Waals surface area contributed by atoms with Crippen LogP contribution in [0.5, 0.6) is 0 Å². The smallest absolute Gasteiger partial charge is 0.261 e. The third kappa shape index (κ3) is 3.37. The number of anilines is 1. The van der Waals surface area contributed by atoms with E-state index in [0.29, 0.717) is 18.0 Å². The number of benzene rings is 2. The van der Waals surface area contributed by atoms with Gasteiger partial charge in [0, 0.05) is 24.5 Å². The number of hydrogen-bond donors (Lipinski definition) is 5. The second kappa shape index (κ2) is 8.05. The number of ether oxygens (including phenoxy) is 1. The van der Waals surface area contributed by atoms with Crippen molar-refractivity contribution in [2.24, 2.45) is 0 Å². The van der Waals surface area contributed by atoms with Gasteiger partial charge in [-0.15, -0.1) is 0 Å². The van der Waals surface area contributed by atoms with Gasteiger partial charge in [0.2, 0.25) is 0 Å². The van der Waals surface area contributed by atoms with E-state index in [9.17, 15) is 4.79 Å². The number of nitrogens with one attached hydrogen (secondary N) is 5. The summed E-state index contributed by atoms with van der Waals surface area (Å²) >= 11 is 0. The highest BCUT2D eigenvalue weighted by Gasteiger charge is 2.24. The van der Waals surface area contributed by atoms with E-state index >= 15 is 0 Å². The average molecular weight is 431 g/mol. The first kappa shape index (κ1) is 19.5. The summed E-state index contributed by atoms with van der Waals surface area (Å²) in [5, 5.41) is 11.5. The number of morpholine rings is 1. The largest absolute Gasteiger partial charge is 0.380 e. The molecule has 2 unspecified atom stereocenters. The molecule has 2 atom stereocenters. The minimum absolute atomic E-state index is 0.0839. The first-order valence-corrected chi connectivity index (χ1v) is 11.2. The third-order valence-electron chi connectivity index (χ3n) is 6.41. The number of fused-ring (bicyclic) bond motifs is 2. The fourth-order valence-electron chi connectivity index (χ4n) is 4.82. The fourth-order valence-corrected chi connectivity index (χ4v) is 4.82. The number of aromatic nitrogens is 3. The molecule has 0 saturated carbocycles. The summed E-state index contributed by atoms with van der Waals surface area (Å²) in [5.74, 6) is 0.574. The lowest BCUT2D eigenvalue weighted by Gasteiger charge is -2.24. The molecule has 0 amide bonds. The molecule has 164 valence electrons. The van der Waals surface area contributed by atoms with Gasteiger partial charge in [-0.1, -0.05) is 30.3 Å². The maximum atomic E-state index is 13.3. The van der Waals surface area contributed by atoms with E-state index < -0.39 is 0 Å². The highest BCUT2D eigenvalue weighted by Crippen LogP contribution is 2.33. The number of hydrogen-bond acceptors (Lipinski definition) is 6. The van der Waals surface area contributed by atoms with Crippen LogP contribution in [0.1, 0.15) is 18.0 Å². The first-order valence-electron chi connectivity index (χ1n) is 11.2.